The first kappa shape index (κ1) is 14.5. The van der Waals surface area contributed by atoms with E-state index in [1.54, 1.807) is 12.1 Å². The molecule has 0 unspecified atom stereocenters. The van der Waals surface area contributed by atoms with Crippen LogP contribution < -0.4 is 29.6 Å². The SMILES string of the molecule is O=C(O)C(=O)/C=C/c1ccc(Br)nc1.[H-].[Na+]. The van der Waals surface area contributed by atoms with E-state index in [1.807, 2.05) is 0 Å². The largest absolute Gasteiger partial charge is 1.00 e. The Hall–Kier alpha value is -0.490. The van der Waals surface area contributed by atoms with Crippen molar-refractivity contribution < 1.29 is 45.7 Å². The van der Waals surface area contributed by atoms with Crippen LogP contribution in [0.3, 0.4) is 0 Å². The van der Waals surface area contributed by atoms with Crippen LogP contribution in [-0.2, 0) is 9.59 Å². The number of carbonyl (C=O) groups is 2. The van der Waals surface area contributed by atoms with Crippen LogP contribution in [0.15, 0.2) is 29.0 Å². The number of aromatic nitrogens is 1. The third-order valence-corrected chi connectivity index (χ3v) is 1.86. The minimum absolute atomic E-state index is 0. The van der Waals surface area contributed by atoms with Crippen molar-refractivity contribution in [2.24, 2.45) is 0 Å². The van der Waals surface area contributed by atoms with E-state index in [9.17, 15) is 9.59 Å². The predicted octanol–water partition coefficient (Wildman–Crippen LogP) is -1.37. The summed E-state index contributed by atoms with van der Waals surface area (Å²) < 4.78 is 0.680. The molecule has 1 aromatic rings. The minimum Gasteiger partial charge on any atom is -1.00 e. The average Bonchev–Trinajstić information content (AvgIpc) is 2.16. The Labute approximate surface area is 118 Å². The van der Waals surface area contributed by atoms with Gasteiger partial charge in [0.05, 0.1) is 0 Å². The van der Waals surface area contributed by atoms with Crippen molar-refractivity contribution in [1.82, 2.24) is 4.98 Å². The van der Waals surface area contributed by atoms with Gasteiger partial charge < -0.3 is 6.53 Å². The summed E-state index contributed by atoms with van der Waals surface area (Å²) in [6, 6.07) is 3.41. The minimum atomic E-state index is -1.47. The first-order valence-corrected chi connectivity index (χ1v) is 4.46. The van der Waals surface area contributed by atoms with Gasteiger partial charge in [-0.05, 0) is 39.7 Å². The molecule has 15 heavy (non-hydrogen) atoms. The van der Waals surface area contributed by atoms with E-state index in [0.717, 1.165) is 6.08 Å². The van der Waals surface area contributed by atoms with Gasteiger partial charge in [-0.25, -0.2) is 9.78 Å². The molecular weight excluding hydrogens is 273 g/mol. The van der Waals surface area contributed by atoms with Gasteiger partial charge >= 0.3 is 35.5 Å². The van der Waals surface area contributed by atoms with Crippen LogP contribution in [-0.4, -0.2) is 21.8 Å². The van der Waals surface area contributed by atoms with Crippen LogP contribution in [0.1, 0.15) is 6.99 Å². The van der Waals surface area contributed by atoms with Crippen molar-refractivity contribution in [2.45, 2.75) is 0 Å². The fourth-order valence-corrected chi connectivity index (χ4v) is 0.964. The third-order valence-electron chi connectivity index (χ3n) is 1.39. The first-order valence-electron chi connectivity index (χ1n) is 3.66. The maximum Gasteiger partial charge on any atom is 1.00 e. The quantitative estimate of drug-likeness (QED) is 0.321. The molecule has 0 saturated heterocycles. The number of halogens is 1. The zero-order valence-corrected chi connectivity index (χ0v) is 11.6. The Morgan fingerprint density at radius 2 is 2.13 bits per heavy atom. The van der Waals surface area contributed by atoms with Crippen molar-refractivity contribution in [1.29, 1.82) is 0 Å². The Morgan fingerprint density at radius 3 is 2.60 bits per heavy atom. The van der Waals surface area contributed by atoms with Crippen molar-refractivity contribution in [3.63, 3.8) is 0 Å². The van der Waals surface area contributed by atoms with Crippen LogP contribution in [0.5, 0.6) is 0 Å². The van der Waals surface area contributed by atoms with E-state index in [-0.39, 0.29) is 31.0 Å². The molecule has 0 aliphatic rings. The van der Waals surface area contributed by atoms with Crippen molar-refractivity contribution in [2.75, 3.05) is 0 Å². The van der Waals surface area contributed by atoms with Crippen molar-refractivity contribution in [3.05, 3.63) is 34.6 Å². The predicted molar refractivity (Wildman–Crippen MR) is 54.7 cm³/mol. The Balaban J connectivity index is 0. The molecule has 0 fully saturated rings. The summed E-state index contributed by atoms with van der Waals surface area (Å²) >= 11 is 3.15. The smallest absolute Gasteiger partial charge is 1.00 e. The van der Waals surface area contributed by atoms with Gasteiger partial charge in [-0.15, -0.1) is 0 Å². The van der Waals surface area contributed by atoms with Gasteiger partial charge in [-0.2, -0.15) is 0 Å². The standard InChI is InChI=1S/C9H6BrNO3.Na.H/c10-8-4-2-6(5-11-8)1-3-7(12)9(13)14;;/h1-5H,(H,13,14);;/q;+1;-1/b3-1+;;. The van der Waals surface area contributed by atoms with Crippen molar-refractivity contribution >= 4 is 33.8 Å². The summed E-state index contributed by atoms with van der Waals surface area (Å²) in [6.07, 6.45) is 3.92. The second-order valence-electron chi connectivity index (χ2n) is 2.42. The number of hydrogen-bond acceptors (Lipinski definition) is 3. The number of rotatable bonds is 3. The molecule has 0 aliphatic heterocycles. The van der Waals surface area contributed by atoms with Gasteiger partial charge in [-0.3, -0.25) is 4.79 Å². The van der Waals surface area contributed by atoms with Gasteiger partial charge in [0.1, 0.15) is 4.60 Å². The molecule has 4 nitrogen and oxygen atoms in total. The summed E-state index contributed by atoms with van der Waals surface area (Å²) in [5, 5.41) is 8.28. The van der Waals surface area contributed by atoms with Gasteiger partial charge in [-0.1, -0.05) is 6.07 Å². The molecule has 1 N–H and O–H groups in total. The molecule has 0 amide bonds. The molecule has 0 bridgehead atoms. The zero-order chi connectivity index (χ0) is 10.6. The molecule has 0 atom stereocenters. The molecule has 1 rings (SSSR count). The van der Waals surface area contributed by atoms with E-state index in [1.165, 1.54) is 12.3 Å². The summed E-state index contributed by atoms with van der Waals surface area (Å²) in [4.78, 5) is 24.7. The second kappa shape index (κ2) is 6.90. The van der Waals surface area contributed by atoms with Crippen molar-refractivity contribution in [3.8, 4) is 0 Å². The normalized spacial score (nSPS) is 9.67. The van der Waals surface area contributed by atoms with E-state index in [4.69, 9.17) is 5.11 Å². The van der Waals surface area contributed by atoms with Gasteiger partial charge in [0.25, 0.3) is 5.78 Å². The van der Waals surface area contributed by atoms with Crippen LogP contribution in [0.2, 0.25) is 0 Å². The number of carboxylic acid groups (broad SMARTS) is 1. The molecule has 0 aliphatic carbocycles. The zero-order valence-electron chi connectivity index (χ0n) is 8.98. The molecule has 74 valence electrons. The van der Waals surface area contributed by atoms with Gasteiger partial charge in [0.2, 0.25) is 0 Å². The summed E-state index contributed by atoms with van der Waals surface area (Å²) in [5.41, 5.74) is 0.669. The molecule has 0 radical (unpaired) electrons. The molecule has 1 aromatic heterocycles. The molecular formula is C9H7BrNNaO3. The van der Waals surface area contributed by atoms with Gasteiger partial charge in [0, 0.05) is 6.20 Å². The van der Waals surface area contributed by atoms with Crippen LogP contribution >= 0.6 is 15.9 Å². The molecule has 6 heteroatoms. The van der Waals surface area contributed by atoms with Gasteiger partial charge in [0.15, 0.2) is 0 Å². The average molecular weight is 280 g/mol. The van der Waals surface area contributed by atoms with Crippen LogP contribution in [0, 0.1) is 0 Å². The number of pyridine rings is 1. The van der Waals surface area contributed by atoms with Crippen LogP contribution in [0.4, 0.5) is 0 Å². The first-order chi connectivity index (χ1) is 6.59. The number of carboxylic acids is 1. The second-order valence-corrected chi connectivity index (χ2v) is 3.23. The number of ketones is 1. The third kappa shape index (κ3) is 5.22. The molecule has 0 aromatic carbocycles. The van der Waals surface area contributed by atoms with E-state index >= 15 is 0 Å². The molecule has 0 saturated carbocycles. The topological polar surface area (TPSA) is 67.3 Å². The number of aliphatic carboxylic acids is 1. The molecule has 1 heterocycles. The fraction of sp³-hybridized carbons (Fsp3) is 0. The Morgan fingerprint density at radius 1 is 1.47 bits per heavy atom. The number of nitrogens with zero attached hydrogens (tertiary/aromatic N) is 1. The Kier molecular flexibility index (Phi) is 6.67. The Bertz CT molecular complexity index is 394. The maximum absolute atomic E-state index is 10.7. The van der Waals surface area contributed by atoms with Crippen LogP contribution in [0.25, 0.3) is 6.08 Å². The number of carbonyl (C=O) groups excluding carboxylic acids is 1. The summed E-state index contributed by atoms with van der Waals surface area (Å²) in [7, 11) is 0. The maximum atomic E-state index is 10.7. The van der Waals surface area contributed by atoms with E-state index in [0.29, 0.717) is 10.2 Å². The molecule has 0 spiro atoms. The summed E-state index contributed by atoms with van der Waals surface area (Å²) in [5.74, 6) is -2.42. The van der Waals surface area contributed by atoms with E-state index in [2.05, 4.69) is 20.9 Å². The van der Waals surface area contributed by atoms with E-state index < -0.39 is 11.8 Å². The summed E-state index contributed by atoms with van der Waals surface area (Å²) in [6.45, 7) is 0. The monoisotopic (exact) mass is 279 g/mol. The number of hydrogen-bond donors (Lipinski definition) is 1. The fourth-order valence-electron chi connectivity index (χ4n) is 0.729.